The van der Waals surface area contributed by atoms with E-state index in [2.05, 4.69) is 5.32 Å². The maximum absolute atomic E-state index is 12.3. The molecule has 0 aliphatic carbocycles. The van der Waals surface area contributed by atoms with Crippen molar-refractivity contribution in [2.75, 3.05) is 0 Å². The van der Waals surface area contributed by atoms with E-state index in [4.69, 9.17) is 5.26 Å². The summed E-state index contributed by atoms with van der Waals surface area (Å²) in [6.07, 6.45) is 0. The number of amides is 1. The highest BCUT2D eigenvalue weighted by molar-refractivity contribution is 7.99. The van der Waals surface area contributed by atoms with E-state index in [-0.39, 0.29) is 11.9 Å². The van der Waals surface area contributed by atoms with E-state index in [1.165, 1.54) is 24.3 Å². The van der Waals surface area contributed by atoms with Gasteiger partial charge in [-0.2, -0.15) is 14.0 Å². The number of hydrogen-bond acceptors (Lipinski definition) is 3. The van der Waals surface area contributed by atoms with Crippen LogP contribution in [-0.2, 0) is 0 Å². The fraction of sp³-hybridized carbons (Fsp3) is 0.176. The van der Waals surface area contributed by atoms with Gasteiger partial charge in [-0.1, -0.05) is 23.9 Å². The molecule has 2 rings (SSSR count). The lowest BCUT2D eigenvalue weighted by atomic mass is 10.1. The van der Waals surface area contributed by atoms with Crippen molar-refractivity contribution < 1.29 is 13.6 Å². The molecular formula is C17H14F2N2OS. The first-order valence-corrected chi connectivity index (χ1v) is 7.73. The molecule has 2 aromatic carbocycles. The Morgan fingerprint density at radius 3 is 2.26 bits per heavy atom. The molecule has 118 valence electrons. The Bertz CT molecular complexity index is 709. The zero-order valence-corrected chi connectivity index (χ0v) is 13.1. The Labute approximate surface area is 137 Å². The SMILES string of the molecule is CC(NC(=O)c1ccc(SC(F)F)cc1)c1ccc(C#N)cc1. The van der Waals surface area contributed by atoms with Gasteiger partial charge in [-0.3, -0.25) is 4.79 Å². The third kappa shape index (κ3) is 4.80. The van der Waals surface area contributed by atoms with Gasteiger partial charge in [-0.15, -0.1) is 0 Å². The molecule has 0 radical (unpaired) electrons. The lowest BCUT2D eigenvalue weighted by Crippen LogP contribution is -2.26. The molecule has 1 N–H and O–H groups in total. The minimum atomic E-state index is -2.48. The van der Waals surface area contributed by atoms with Crippen molar-refractivity contribution in [1.29, 1.82) is 5.26 Å². The van der Waals surface area contributed by atoms with Crippen molar-refractivity contribution >= 4 is 17.7 Å². The summed E-state index contributed by atoms with van der Waals surface area (Å²) in [5.41, 5.74) is 1.84. The van der Waals surface area contributed by atoms with E-state index in [9.17, 15) is 13.6 Å². The minimum absolute atomic E-state index is 0.231. The van der Waals surface area contributed by atoms with Crippen LogP contribution in [0.25, 0.3) is 0 Å². The number of halogens is 2. The summed E-state index contributed by atoms with van der Waals surface area (Å²) >= 11 is 0.442. The molecule has 1 amide bonds. The minimum Gasteiger partial charge on any atom is -0.346 e. The van der Waals surface area contributed by atoms with Crippen molar-refractivity contribution in [3.8, 4) is 6.07 Å². The van der Waals surface area contributed by atoms with Crippen LogP contribution >= 0.6 is 11.8 Å². The van der Waals surface area contributed by atoms with E-state index < -0.39 is 5.76 Å². The lowest BCUT2D eigenvalue weighted by Gasteiger charge is -2.14. The van der Waals surface area contributed by atoms with E-state index in [1.807, 2.05) is 13.0 Å². The third-order valence-corrected chi connectivity index (χ3v) is 3.95. The van der Waals surface area contributed by atoms with Gasteiger partial charge in [0, 0.05) is 10.5 Å². The number of carbonyl (C=O) groups is 1. The summed E-state index contributed by atoms with van der Waals surface area (Å²) in [5.74, 6) is -2.76. The van der Waals surface area contributed by atoms with Gasteiger partial charge in [0.1, 0.15) is 0 Å². The fourth-order valence-corrected chi connectivity index (χ4v) is 2.50. The molecule has 0 aliphatic rings. The number of alkyl halides is 2. The Kier molecular flexibility index (Phi) is 5.72. The van der Waals surface area contributed by atoms with E-state index >= 15 is 0 Å². The molecule has 3 nitrogen and oxygen atoms in total. The second-order valence-corrected chi connectivity index (χ2v) is 5.90. The monoisotopic (exact) mass is 332 g/mol. The first-order chi connectivity index (χ1) is 11.0. The molecule has 0 fully saturated rings. The van der Waals surface area contributed by atoms with Gasteiger partial charge in [0.2, 0.25) is 0 Å². The molecule has 1 atom stereocenters. The van der Waals surface area contributed by atoms with Gasteiger partial charge in [0.15, 0.2) is 0 Å². The normalized spacial score (nSPS) is 11.8. The second kappa shape index (κ2) is 7.75. The highest BCUT2D eigenvalue weighted by Gasteiger charge is 2.12. The summed E-state index contributed by atoms with van der Waals surface area (Å²) in [6, 6.07) is 14.8. The van der Waals surface area contributed by atoms with Crippen molar-refractivity contribution in [1.82, 2.24) is 5.32 Å². The number of nitrogens with one attached hydrogen (secondary N) is 1. The first kappa shape index (κ1) is 17.0. The zero-order valence-electron chi connectivity index (χ0n) is 12.3. The Morgan fingerprint density at radius 2 is 1.74 bits per heavy atom. The number of thioether (sulfide) groups is 1. The van der Waals surface area contributed by atoms with Crippen molar-refractivity contribution in [3.63, 3.8) is 0 Å². The molecule has 0 heterocycles. The van der Waals surface area contributed by atoms with Crippen LogP contribution in [0, 0.1) is 11.3 Å². The quantitative estimate of drug-likeness (QED) is 0.828. The smallest absolute Gasteiger partial charge is 0.288 e. The Hall–Kier alpha value is -2.39. The summed E-state index contributed by atoms with van der Waals surface area (Å²) < 4.78 is 24.5. The molecule has 23 heavy (non-hydrogen) atoms. The standard InChI is InChI=1S/C17H14F2N2OS/c1-11(13-4-2-12(10-20)3-5-13)21-16(22)14-6-8-15(9-7-14)23-17(18)19/h2-9,11,17H,1H3,(H,21,22). The number of hydrogen-bond donors (Lipinski definition) is 1. The van der Waals surface area contributed by atoms with Gasteiger partial charge in [0.05, 0.1) is 17.7 Å². The van der Waals surface area contributed by atoms with E-state index in [0.29, 0.717) is 27.8 Å². The lowest BCUT2D eigenvalue weighted by molar-refractivity contribution is 0.0940. The highest BCUT2D eigenvalue weighted by atomic mass is 32.2. The van der Waals surface area contributed by atoms with Gasteiger partial charge in [-0.25, -0.2) is 0 Å². The number of carbonyl (C=O) groups excluding carboxylic acids is 1. The maximum atomic E-state index is 12.3. The van der Waals surface area contributed by atoms with Crippen LogP contribution in [0.5, 0.6) is 0 Å². The average molecular weight is 332 g/mol. The maximum Gasteiger partial charge on any atom is 0.288 e. The molecule has 0 saturated carbocycles. The van der Waals surface area contributed by atoms with Crippen LogP contribution in [0.2, 0.25) is 0 Å². The highest BCUT2D eigenvalue weighted by Crippen LogP contribution is 2.25. The Morgan fingerprint density at radius 1 is 1.13 bits per heavy atom. The molecule has 0 spiro atoms. The third-order valence-electron chi connectivity index (χ3n) is 3.23. The van der Waals surface area contributed by atoms with Crippen LogP contribution in [0.4, 0.5) is 8.78 Å². The van der Waals surface area contributed by atoms with Crippen molar-refractivity contribution in [2.45, 2.75) is 23.6 Å². The van der Waals surface area contributed by atoms with Gasteiger partial charge in [0.25, 0.3) is 11.7 Å². The largest absolute Gasteiger partial charge is 0.346 e. The predicted molar refractivity (Wildman–Crippen MR) is 85.3 cm³/mol. The average Bonchev–Trinajstić information content (AvgIpc) is 2.55. The van der Waals surface area contributed by atoms with Gasteiger partial charge in [-0.05, 0) is 48.9 Å². The second-order valence-electron chi connectivity index (χ2n) is 4.83. The number of benzene rings is 2. The number of rotatable bonds is 5. The number of nitriles is 1. The van der Waals surface area contributed by atoms with Crippen LogP contribution in [-0.4, -0.2) is 11.7 Å². The van der Waals surface area contributed by atoms with Crippen molar-refractivity contribution in [2.24, 2.45) is 0 Å². The van der Waals surface area contributed by atoms with Gasteiger partial charge >= 0.3 is 0 Å². The summed E-state index contributed by atoms with van der Waals surface area (Å²) in [7, 11) is 0. The zero-order chi connectivity index (χ0) is 16.8. The molecule has 0 aliphatic heterocycles. The van der Waals surface area contributed by atoms with Crippen LogP contribution in [0.3, 0.4) is 0 Å². The molecule has 1 unspecified atom stereocenters. The van der Waals surface area contributed by atoms with Gasteiger partial charge < -0.3 is 5.32 Å². The van der Waals surface area contributed by atoms with Crippen LogP contribution in [0.15, 0.2) is 53.4 Å². The molecular weight excluding hydrogens is 318 g/mol. The van der Waals surface area contributed by atoms with E-state index in [0.717, 1.165) is 5.56 Å². The number of nitrogens with zero attached hydrogens (tertiary/aromatic N) is 1. The molecule has 6 heteroatoms. The summed E-state index contributed by atoms with van der Waals surface area (Å²) in [4.78, 5) is 12.6. The summed E-state index contributed by atoms with van der Waals surface area (Å²) in [5, 5.41) is 11.6. The first-order valence-electron chi connectivity index (χ1n) is 6.85. The summed E-state index contributed by atoms with van der Waals surface area (Å²) in [6.45, 7) is 1.83. The predicted octanol–water partition coefficient (Wildman–Crippen LogP) is 4.36. The van der Waals surface area contributed by atoms with Crippen LogP contribution in [0.1, 0.15) is 34.5 Å². The van der Waals surface area contributed by atoms with Crippen molar-refractivity contribution in [3.05, 3.63) is 65.2 Å². The Balaban J connectivity index is 2.01. The molecule has 0 saturated heterocycles. The molecule has 0 bridgehead atoms. The van der Waals surface area contributed by atoms with Crippen LogP contribution < -0.4 is 5.32 Å². The molecule has 2 aromatic rings. The molecule has 0 aromatic heterocycles. The fourth-order valence-electron chi connectivity index (χ4n) is 2.00. The van der Waals surface area contributed by atoms with E-state index in [1.54, 1.807) is 24.3 Å². The topological polar surface area (TPSA) is 52.9 Å².